The Bertz CT molecular complexity index is 910. The summed E-state index contributed by atoms with van der Waals surface area (Å²) in [4.78, 5) is 0. The number of aromatic amines is 1. The van der Waals surface area contributed by atoms with Gasteiger partial charge >= 0.3 is 0 Å². The fourth-order valence-corrected chi connectivity index (χ4v) is 3.88. The molecule has 0 saturated heterocycles. The normalized spacial score (nSPS) is 12.4. The number of benzene rings is 2. The number of nitrogens with one attached hydrogen (secondary N) is 1. The number of H-pyrrole nitrogens is 1. The summed E-state index contributed by atoms with van der Waals surface area (Å²) in [6, 6.07) is 18.0. The van der Waals surface area contributed by atoms with Crippen molar-refractivity contribution in [2.45, 2.75) is 72.1 Å². The summed E-state index contributed by atoms with van der Waals surface area (Å²) in [6.45, 7) is 18.2. The van der Waals surface area contributed by atoms with Crippen LogP contribution in [0.2, 0.25) is 0 Å². The van der Waals surface area contributed by atoms with Gasteiger partial charge in [0.05, 0.1) is 6.61 Å². The number of aryl methyl sites for hydroxylation is 1. The number of rotatable bonds is 5. The highest BCUT2D eigenvalue weighted by molar-refractivity contribution is 5.50. The highest BCUT2D eigenvalue weighted by Gasteiger charge is 2.26. The Morgan fingerprint density at radius 1 is 0.800 bits per heavy atom. The molecule has 0 aliphatic carbocycles. The molecular weight excluding hydrogens is 368 g/mol. The van der Waals surface area contributed by atoms with Crippen molar-refractivity contribution in [1.82, 2.24) is 10.2 Å². The summed E-state index contributed by atoms with van der Waals surface area (Å²) >= 11 is 0. The minimum absolute atomic E-state index is 0.0633. The average Bonchev–Trinajstić information content (AvgIpc) is 3.02. The third-order valence-electron chi connectivity index (χ3n) is 5.75. The maximum Gasteiger partial charge on any atom is 0.236 e. The van der Waals surface area contributed by atoms with Crippen LogP contribution >= 0.6 is 0 Å². The van der Waals surface area contributed by atoms with Crippen molar-refractivity contribution in [3.8, 4) is 5.88 Å². The first-order valence-electron chi connectivity index (χ1n) is 10.9. The lowest BCUT2D eigenvalue weighted by Crippen LogP contribution is -2.13. The molecule has 1 N–H and O–H groups in total. The molecule has 0 fully saturated rings. The van der Waals surface area contributed by atoms with Crippen LogP contribution in [0.4, 0.5) is 0 Å². The minimum atomic E-state index is 0.0633. The maximum absolute atomic E-state index is 5.90. The van der Waals surface area contributed by atoms with E-state index in [1.165, 1.54) is 22.3 Å². The molecule has 0 spiro atoms. The maximum atomic E-state index is 5.90. The zero-order valence-corrected chi connectivity index (χ0v) is 19.8. The average molecular weight is 405 g/mol. The molecule has 0 aliphatic rings. The molecular formula is C27H36N2O. The Morgan fingerprint density at radius 3 is 1.60 bits per heavy atom. The Hall–Kier alpha value is -2.55. The number of hydrogen-bond donors (Lipinski definition) is 1. The summed E-state index contributed by atoms with van der Waals surface area (Å²) in [5.41, 5.74) is 7.58. The van der Waals surface area contributed by atoms with Crippen LogP contribution in [0.15, 0.2) is 48.5 Å². The molecule has 1 aromatic heterocycles. The number of nitrogens with zero attached hydrogens (tertiary/aromatic N) is 1. The van der Waals surface area contributed by atoms with Crippen LogP contribution in [0.5, 0.6) is 5.88 Å². The van der Waals surface area contributed by atoms with E-state index in [4.69, 9.17) is 4.74 Å². The molecule has 30 heavy (non-hydrogen) atoms. The van der Waals surface area contributed by atoms with Crippen molar-refractivity contribution in [3.63, 3.8) is 0 Å². The van der Waals surface area contributed by atoms with Crippen molar-refractivity contribution in [3.05, 3.63) is 82.0 Å². The van der Waals surface area contributed by atoms with Gasteiger partial charge in [-0.2, -0.15) is 0 Å². The first-order chi connectivity index (χ1) is 14.0. The van der Waals surface area contributed by atoms with Crippen molar-refractivity contribution in [2.75, 3.05) is 6.61 Å². The topological polar surface area (TPSA) is 37.9 Å². The van der Waals surface area contributed by atoms with Gasteiger partial charge in [-0.1, -0.05) is 90.1 Å². The van der Waals surface area contributed by atoms with Crippen molar-refractivity contribution in [1.29, 1.82) is 0 Å². The molecule has 0 saturated carbocycles. The van der Waals surface area contributed by atoms with E-state index in [1.807, 2.05) is 6.92 Å². The lowest BCUT2D eigenvalue weighted by molar-refractivity contribution is 0.322. The SMILES string of the molecule is CCOc1n[nH]c(C)c1C(c1ccc(C(C)(C)C)cc1)c1ccc(C(C)(C)C)cc1. The largest absolute Gasteiger partial charge is 0.477 e. The van der Waals surface area contributed by atoms with Crippen LogP contribution in [0.25, 0.3) is 0 Å². The van der Waals surface area contributed by atoms with E-state index in [0.29, 0.717) is 12.5 Å². The second kappa shape index (κ2) is 8.29. The smallest absolute Gasteiger partial charge is 0.236 e. The fraction of sp³-hybridized carbons (Fsp3) is 0.444. The van der Waals surface area contributed by atoms with Crippen molar-refractivity contribution < 1.29 is 4.74 Å². The van der Waals surface area contributed by atoms with E-state index < -0.39 is 0 Å². The van der Waals surface area contributed by atoms with Crippen LogP contribution < -0.4 is 4.74 Å². The van der Waals surface area contributed by atoms with E-state index in [2.05, 4.69) is 107 Å². The van der Waals surface area contributed by atoms with Gasteiger partial charge in [0, 0.05) is 17.2 Å². The molecule has 0 amide bonds. The van der Waals surface area contributed by atoms with Crippen molar-refractivity contribution in [2.24, 2.45) is 0 Å². The number of aromatic nitrogens is 2. The van der Waals surface area contributed by atoms with Crippen LogP contribution in [0, 0.1) is 6.92 Å². The van der Waals surface area contributed by atoms with Gasteiger partial charge in [-0.15, -0.1) is 5.10 Å². The van der Waals surface area contributed by atoms with Gasteiger partial charge in [0.15, 0.2) is 0 Å². The zero-order chi connectivity index (χ0) is 22.1. The highest BCUT2D eigenvalue weighted by atomic mass is 16.5. The van der Waals surface area contributed by atoms with Crippen LogP contribution in [-0.4, -0.2) is 16.8 Å². The molecule has 2 aromatic carbocycles. The lowest BCUT2D eigenvalue weighted by atomic mass is 9.80. The third-order valence-corrected chi connectivity index (χ3v) is 5.75. The van der Waals surface area contributed by atoms with Crippen molar-refractivity contribution >= 4 is 0 Å². The second-order valence-corrected chi connectivity index (χ2v) is 10.2. The second-order valence-electron chi connectivity index (χ2n) is 10.2. The van der Waals surface area contributed by atoms with Gasteiger partial charge in [-0.05, 0) is 46.9 Å². The predicted octanol–water partition coefficient (Wildman–Crippen LogP) is 6.89. The molecule has 0 atom stereocenters. The van der Waals surface area contributed by atoms with E-state index in [-0.39, 0.29) is 16.7 Å². The quantitative estimate of drug-likeness (QED) is 0.502. The van der Waals surface area contributed by atoms with Gasteiger partial charge in [0.1, 0.15) is 0 Å². The summed E-state index contributed by atoms with van der Waals surface area (Å²) in [5.74, 6) is 0.758. The molecule has 0 bridgehead atoms. The summed E-state index contributed by atoms with van der Waals surface area (Å²) in [6.07, 6.45) is 0. The molecule has 160 valence electrons. The van der Waals surface area contributed by atoms with Crippen LogP contribution in [-0.2, 0) is 10.8 Å². The Labute approximate surface area is 181 Å². The highest BCUT2D eigenvalue weighted by Crippen LogP contribution is 2.39. The Kier molecular flexibility index (Phi) is 6.12. The molecule has 0 aliphatic heterocycles. The summed E-state index contributed by atoms with van der Waals surface area (Å²) < 4.78 is 5.90. The van der Waals surface area contributed by atoms with Crippen LogP contribution in [0.1, 0.15) is 87.9 Å². The fourth-order valence-electron chi connectivity index (χ4n) is 3.88. The standard InChI is InChI=1S/C27H36N2O/c1-9-30-25-23(18(2)28-29-25)24(19-10-14-21(15-11-19)26(3,4)5)20-12-16-22(17-13-20)27(6,7)8/h10-17,24H,9H2,1-8H3,(H,28,29). The van der Waals surface area contributed by atoms with Gasteiger partial charge in [-0.25, -0.2) is 0 Å². The van der Waals surface area contributed by atoms with E-state index in [1.54, 1.807) is 0 Å². The third kappa shape index (κ3) is 4.61. The van der Waals surface area contributed by atoms with Crippen LogP contribution in [0.3, 0.4) is 0 Å². The first-order valence-corrected chi connectivity index (χ1v) is 10.9. The molecule has 0 radical (unpaired) electrons. The minimum Gasteiger partial charge on any atom is -0.477 e. The molecule has 3 nitrogen and oxygen atoms in total. The number of ether oxygens (including phenoxy) is 1. The van der Waals surface area contributed by atoms with E-state index in [0.717, 1.165) is 11.3 Å². The van der Waals surface area contributed by atoms with Gasteiger partial charge in [-0.3, -0.25) is 5.10 Å². The molecule has 3 aromatic rings. The van der Waals surface area contributed by atoms with Gasteiger partial charge < -0.3 is 4.74 Å². The Morgan fingerprint density at radius 2 is 1.23 bits per heavy atom. The molecule has 3 rings (SSSR count). The predicted molar refractivity (Wildman–Crippen MR) is 126 cm³/mol. The number of hydrogen-bond acceptors (Lipinski definition) is 2. The lowest BCUT2D eigenvalue weighted by Gasteiger charge is -2.24. The monoisotopic (exact) mass is 404 g/mol. The first kappa shape index (κ1) is 22.1. The van der Waals surface area contributed by atoms with E-state index >= 15 is 0 Å². The Balaban J connectivity index is 2.14. The van der Waals surface area contributed by atoms with E-state index in [9.17, 15) is 0 Å². The van der Waals surface area contributed by atoms with Gasteiger partial charge in [0.2, 0.25) is 5.88 Å². The molecule has 1 heterocycles. The summed E-state index contributed by atoms with van der Waals surface area (Å²) in [7, 11) is 0. The van der Waals surface area contributed by atoms with Gasteiger partial charge in [0.25, 0.3) is 0 Å². The summed E-state index contributed by atoms with van der Waals surface area (Å²) in [5, 5.41) is 7.58. The molecule has 0 unspecified atom stereocenters. The molecule has 3 heteroatoms. The zero-order valence-electron chi connectivity index (χ0n) is 19.8.